The molecule has 1 aromatic carbocycles. The van der Waals surface area contributed by atoms with Crippen LogP contribution in [0.5, 0.6) is 5.75 Å². The van der Waals surface area contributed by atoms with E-state index in [1.165, 1.54) is 6.26 Å². The van der Waals surface area contributed by atoms with Gasteiger partial charge in [0.15, 0.2) is 0 Å². The second-order valence-electron chi connectivity index (χ2n) is 5.49. The van der Waals surface area contributed by atoms with E-state index in [-0.39, 0.29) is 30.7 Å². The minimum absolute atomic E-state index is 0. The van der Waals surface area contributed by atoms with Crippen molar-refractivity contribution in [3.63, 3.8) is 0 Å². The Hall–Kier alpha value is -1.89. The van der Waals surface area contributed by atoms with Crippen molar-refractivity contribution in [1.82, 2.24) is 4.90 Å². The highest BCUT2D eigenvalue weighted by atomic mass is 35.5. The first kappa shape index (κ1) is 21.2. The number of carbonyl (C=O) groups excluding carboxylic acids is 1. The normalized spacial score (nSPS) is 13.7. The van der Waals surface area contributed by atoms with Crippen molar-refractivity contribution in [2.75, 3.05) is 38.2 Å². The number of ether oxygens (including phenoxy) is 1. The van der Waals surface area contributed by atoms with Crippen LogP contribution < -0.4 is 15.4 Å². The number of amides is 1. The van der Waals surface area contributed by atoms with E-state index >= 15 is 0 Å². The van der Waals surface area contributed by atoms with Crippen LogP contribution in [-0.2, 0) is 6.54 Å². The topological polar surface area (TPSA) is 71.9 Å². The molecule has 1 aliphatic heterocycles. The molecular formula is C17H23Cl2N3O3. The molecule has 2 N–H and O–H groups in total. The average Bonchev–Trinajstić information content (AvgIpc) is 3.10. The van der Waals surface area contributed by atoms with Crippen molar-refractivity contribution in [2.24, 2.45) is 5.73 Å². The van der Waals surface area contributed by atoms with E-state index < -0.39 is 0 Å². The number of nitrogens with two attached hydrogens (primary N) is 1. The SMILES string of the molecule is COc1cccc(N2CCN(C(=O)c3coc(CN)c3)CC2)c1.Cl.Cl. The molecule has 25 heavy (non-hydrogen) atoms. The van der Waals surface area contributed by atoms with Crippen LogP contribution in [0.1, 0.15) is 16.1 Å². The van der Waals surface area contributed by atoms with Gasteiger partial charge in [0.1, 0.15) is 17.8 Å². The molecule has 0 unspecified atom stereocenters. The lowest BCUT2D eigenvalue weighted by atomic mass is 10.2. The molecule has 6 nitrogen and oxygen atoms in total. The van der Waals surface area contributed by atoms with Crippen LogP contribution >= 0.6 is 24.8 Å². The molecule has 3 rings (SSSR count). The standard InChI is InChI=1S/C17H21N3O3.2ClH/c1-22-15-4-2-3-14(10-15)19-5-7-20(8-6-19)17(21)13-9-16(11-18)23-12-13;;/h2-4,9-10,12H,5-8,11,18H2,1H3;2*1H. The highest BCUT2D eigenvalue weighted by Gasteiger charge is 2.23. The number of hydrogen-bond acceptors (Lipinski definition) is 5. The number of piperazine rings is 1. The molecule has 0 saturated carbocycles. The second-order valence-corrected chi connectivity index (χ2v) is 5.49. The van der Waals surface area contributed by atoms with Crippen LogP contribution in [-0.4, -0.2) is 44.1 Å². The lowest BCUT2D eigenvalue weighted by molar-refractivity contribution is 0.0746. The number of benzene rings is 1. The third-order valence-corrected chi connectivity index (χ3v) is 4.09. The zero-order valence-electron chi connectivity index (χ0n) is 14.0. The molecule has 1 aromatic heterocycles. The Bertz CT molecular complexity index is 685. The maximum Gasteiger partial charge on any atom is 0.257 e. The predicted molar refractivity (Wildman–Crippen MR) is 102 cm³/mol. The Morgan fingerprint density at radius 1 is 1.20 bits per heavy atom. The van der Waals surface area contributed by atoms with E-state index in [0.29, 0.717) is 31.0 Å². The fraction of sp³-hybridized carbons (Fsp3) is 0.353. The monoisotopic (exact) mass is 387 g/mol. The highest BCUT2D eigenvalue weighted by Crippen LogP contribution is 2.22. The van der Waals surface area contributed by atoms with Crippen molar-refractivity contribution in [2.45, 2.75) is 6.54 Å². The molecule has 8 heteroatoms. The first-order valence-corrected chi connectivity index (χ1v) is 7.67. The van der Waals surface area contributed by atoms with Crippen LogP contribution in [0.2, 0.25) is 0 Å². The predicted octanol–water partition coefficient (Wildman–Crippen LogP) is 2.55. The summed E-state index contributed by atoms with van der Waals surface area (Å²) in [5.41, 5.74) is 7.20. The van der Waals surface area contributed by atoms with Gasteiger partial charge in [0.05, 0.1) is 19.2 Å². The van der Waals surface area contributed by atoms with Gasteiger partial charge >= 0.3 is 0 Å². The van der Waals surface area contributed by atoms with Gasteiger partial charge in [-0.3, -0.25) is 4.79 Å². The summed E-state index contributed by atoms with van der Waals surface area (Å²) < 4.78 is 10.5. The number of carbonyl (C=O) groups is 1. The third-order valence-electron chi connectivity index (χ3n) is 4.09. The fourth-order valence-corrected chi connectivity index (χ4v) is 2.76. The molecular weight excluding hydrogens is 365 g/mol. The molecule has 0 atom stereocenters. The maximum atomic E-state index is 12.5. The smallest absolute Gasteiger partial charge is 0.257 e. The van der Waals surface area contributed by atoms with E-state index in [1.54, 1.807) is 13.2 Å². The second kappa shape index (κ2) is 9.56. The van der Waals surface area contributed by atoms with E-state index in [0.717, 1.165) is 24.5 Å². The summed E-state index contributed by atoms with van der Waals surface area (Å²) in [6, 6.07) is 9.70. The summed E-state index contributed by atoms with van der Waals surface area (Å²) in [6.45, 7) is 3.25. The lowest BCUT2D eigenvalue weighted by Gasteiger charge is -2.36. The Labute approximate surface area is 159 Å². The number of anilines is 1. The first-order chi connectivity index (χ1) is 11.2. The summed E-state index contributed by atoms with van der Waals surface area (Å²) >= 11 is 0. The number of halogens is 2. The first-order valence-electron chi connectivity index (χ1n) is 7.67. The number of rotatable bonds is 4. The Morgan fingerprint density at radius 2 is 1.92 bits per heavy atom. The van der Waals surface area contributed by atoms with Gasteiger partial charge in [0.25, 0.3) is 5.91 Å². The molecule has 1 fully saturated rings. The van der Waals surface area contributed by atoms with Gasteiger partial charge in [-0.15, -0.1) is 24.8 Å². The maximum absolute atomic E-state index is 12.5. The van der Waals surface area contributed by atoms with Crippen molar-refractivity contribution in [1.29, 1.82) is 0 Å². The van der Waals surface area contributed by atoms with E-state index in [9.17, 15) is 4.79 Å². The molecule has 0 aliphatic carbocycles. The third kappa shape index (κ3) is 4.81. The summed E-state index contributed by atoms with van der Waals surface area (Å²) in [5.74, 6) is 1.47. The van der Waals surface area contributed by atoms with Crippen molar-refractivity contribution < 1.29 is 13.9 Å². The van der Waals surface area contributed by atoms with Gasteiger partial charge in [-0.25, -0.2) is 0 Å². The molecule has 0 bridgehead atoms. The number of methoxy groups -OCH3 is 1. The minimum atomic E-state index is -0.00116. The zero-order valence-corrected chi connectivity index (χ0v) is 15.6. The summed E-state index contributed by atoms with van der Waals surface area (Å²) in [4.78, 5) is 16.6. The van der Waals surface area contributed by atoms with Crippen molar-refractivity contribution in [3.8, 4) is 5.75 Å². The summed E-state index contributed by atoms with van der Waals surface area (Å²) in [7, 11) is 1.66. The molecule has 2 aromatic rings. The number of nitrogens with zero attached hydrogens (tertiary/aromatic N) is 2. The van der Waals surface area contributed by atoms with Gasteiger partial charge < -0.3 is 24.7 Å². The Balaban J connectivity index is 0.00000156. The number of hydrogen-bond donors (Lipinski definition) is 1. The molecule has 138 valence electrons. The molecule has 0 radical (unpaired) electrons. The molecule has 1 saturated heterocycles. The number of furan rings is 1. The molecule has 2 heterocycles. The van der Waals surface area contributed by atoms with Gasteiger partial charge in [0.2, 0.25) is 0 Å². The van der Waals surface area contributed by atoms with Crippen LogP contribution in [0.4, 0.5) is 5.69 Å². The highest BCUT2D eigenvalue weighted by molar-refractivity contribution is 5.94. The van der Waals surface area contributed by atoms with Crippen molar-refractivity contribution >= 4 is 36.4 Å². The van der Waals surface area contributed by atoms with Crippen LogP contribution in [0.3, 0.4) is 0 Å². The fourth-order valence-electron chi connectivity index (χ4n) is 2.76. The molecule has 1 amide bonds. The minimum Gasteiger partial charge on any atom is -0.497 e. The van der Waals surface area contributed by atoms with Crippen LogP contribution in [0.15, 0.2) is 41.0 Å². The molecule has 1 aliphatic rings. The van der Waals surface area contributed by atoms with Gasteiger partial charge in [-0.1, -0.05) is 6.07 Å². The summed E-state index contributed by atoms with van der Waals surface area (Å²) in [5, 5.41) is 0. The van der Waals surface area contributed by atoms with E-state index in [4.69, 9.17) is 14.9 Å². The van der Waals surface area contributed by atoms with E-state index in [1.807, 2.05) is 23.1 Å². The van der Waals surface area contributed by atoms with Crippen LogP contribution in [0.25, 0.3) is 0 Å². The average molecular weight is 388 g/mol. The Morgan fingerprint density at radius 3 is 2.52 bits per heavy atom. The summed E-state index contributed by atoms with van der Waals surface area (Å²) in [6.07, 6.45) is 1.49. The largest absolute Gasteiger partial charge is 0.497 e. The van der Waals surface area contributed by atoms with E-state index in [2.05, 4.69) is 11.0 Å². The van der Waals surface area contributed by atoms with Crippen molar-refractivity contribution in [3.05, 3.63) is 47.9 Å². The van der Waals surface area contributed by atoms with Crippen LogP contribution in [0, 0.1) is 0 Å². The van der Waals surface area contributed by atoms with Gasteiger partial charge in [-0.2, -0.15) is 0 Å². The van der Waals surface area contributed by atoms with Gasteiger partial charge in [0, 0.05) is 37.9 Å². The zero-order chi connectivity index (χ0) is 16.2. The van der Waals surface area contributed by atoms with Gasteiger partial charge in [-0.05, 0) is 18.2 Å². The Kier molecular flexibility index (Phi) is 8.09. The molecule has 0 spiro atoms. The quantitative estimate of drug-likeness (QED) is 0.872. The lowest BCUT2D eigenvalue weighted by Crippen LogP contribution is -2.48.